The summed E-state index contributed by atoms with van der Waals surface area (Å²) in [5, 5.41) is 23.2. The molecule has 0 unspecified atom stereocenters. The van der Waals surface area contributed by atoms with E-state index in [1.54, 1.807) is 20.8 Å². The predicted octanol–water partition coefficient (Wildman–Crippen LogP) is 1.44. The zero-order chi connectivity index (χ0) is 12.9. The Hall–Kier alpha value is -0.967. The van der Waals surface area contributed by atoms with Gasteiger partial charge in [0, 0.05) is 38.7 Å². The molecule has 0 fully saturated rings. The van der Waals surface area contributed by atoms with Crippen molar-refractivity contribution in [3.8, 4) is 0 Å². The van der Waals surface area contributed by atoms with Gasteiger partial charge >= 0.3 is 17.9 Å². The van der Waals surface area contributed by atoms with Crippen LogP contribution in [0, 0.1) is 0 Å². The van der Waals surface area contributed by atoms with Gasteiger partial charge in [0.25, 0.3) is 0 Å². The summed E-state index contributed by atoms with van der Waals surface area (Å²) < 4.78 is 0. The van der Waals surface area contributed by atoms with E-state index in [9.17, 15) is 14.4 Å². The summed E-state index contributed by atoms with van der Waals surface area (Å²) in [6, 6.07) is 0. The van der Waals surface area contributed by atoms with Gasteiger partial charge in [-0.25, -0.2) is 0 Å². The molecule has 0 heterocycles. The van der Waals surface area contributed by atoms with E-state index in [4.69, 9.17) is 15.3 Å². The number of carbonyl (C=O) groups is 3. The quantitative estimate of drug-likeness (QED) is 0.678. The summed E-state index contributed by atoms with van der Waals surface area (Å²) in [6.07, 6.45) is 0.667. The number of aliphatic carboxylic acids is 3. The number of carboxylic acids is 3. The van der Waals surface area contributed by atoms with E-state index in [0.717, 1.165) is 0 Å². The van der Waals surface area contributed by atoms with Crippen molar-refractivity contribution in [3.05, 3.63) is 0 Å². The third kappa shape index (κ3) is 74.5. The minimum atomic E-state index is -0.745. The summed E-state index contributed by atoms with van der Waals surface area (Å²) in [7, 11) is 0. The second kappa shape index (κ2) is 19.6. The Kier molecular flexibility index (Phi) is 29.8. The van der Waals surface area contributed by atoms with Gasteiger partial charge in [-0.1, -0.05) is 20.8 Å². The zero-order valence-corrected chi connectivity index (χ0v) is 11.3. The Labute approximate surface area is 107 Å². The Balaban J connectivity index is -0.0000000655. The molecule has 0 aliphatic carbocycles. The topological polar surface area (TPSA) is 112 Å². The van der Waals surface area contributed by atoms with Crippen molar-refractivity contribution in [2.75, 3.05) is 0 Å². The average molecular weight is 323 g/mol. The maximum Gasteiger partial charge on any atom is 0.303 e. The molecule has 0 atom stereocenters. The Morgan fingerprint density at radius 3 is 0.750 bits per heavy atom. The predicted molar refractivity (Wildman–Crippen MR) is 53.8 cm³/mol. The van der Waals surface area contributed by atoms with E-state index in [1.165, 1.54) is 0 Å². The van der Waals surface area contributed by atoms with E-state index in [1.807, 2.05) is 0 Å². The van der Waals surface area contributed by atoms with Gasteiger partial charge in [-0.2, -0.15) is 0 Å². The first kappa shape index (κ1) is 24.3. The maximum atomic E-state index is 9.37. The first-order valence-corrected chi connectivity index (χ1v) is 4.47. The molecule has 0 spiro atoms. The Bertz CT molecular complexity index is 159. The molecule has 98 valence electrons. The van der Waals surface area contributed by atoms with Crippen molar-refractivity contribution in [2.24, 2.45) is 0 Å². The van der Waals surface area contributed by atoms with Crippen LogP contribution in [-0.2, 0) is 33.9 Å². The summed E-state index contributed by atoms with van der Waals surface area (Å²) in [4.78, 5) is 28.1. The van der Waals surface area contributed by atoms with E-state index >= 15 is 0 Å². The minimum absolute atomic E-state index is 0. The van der Waals surface area contributed by atoms with Gasteiger partial charge in [0.2, 0.25) is 0 Å². The van der Waals surface area contributed by atoms with Crippen molar-refractivity contribution < 1.29 is 49.2 Å². The second-order valence-electron chi connectivity index (χ2n) is 2.24. The Morgan fingerprint density at radius 1 is 0.688 bits per heavy atom. The molecule has 0 aliphatic heterocycles. The summed E-state index contributed by atoms with van der Waals surface area (Å²) in [5.41, 5.74) is 0. The molecule has 0 saturated heterocycles. The summed E-state index contributed by atoms with van der Waals surface area (Å²) in [6.45, 7) is 4.80. The van der Waals surface area contributed by atoms with Crippen molar-refractivity contribution in [1.82, 2.24) is 0 Å². The summed E-state index contributed by atoms with van der Waals surface area (Å²) >= 11 is 0. The van der Waals surface area contributed by atoms with Gasteiger partial charge < -0.3 is 15.3 Å². The number of carboxylic acid groups (broad SMARTS) is 3. The van der Waals surface area contributed by atoms with Crippen molar-refractivity contribution in [1.29, 1.82) is 0 Å². The van der Waals surface area contributed by atoms with Crippen LogP contribution in [0.5, 0.6) is 0 Å². The smallest absolute Gasteiger partial charge is 0.303 e. The van der Waals surface area contributed by atoms with Crippen molar-refractivity contribution >= 4 is 17.9 Å². The first-order chi connectivity index (χ1) is 6.81. The zero-order valence-electron chi connectivity index (χ0n) is 9.54. The van der Waals surface area contributed by atoms with Crippen molar-refractivity contribution in [3.63, 3.8) is 0 Å². The molecule has 3 N–H and O–H groups in total. The molecule has 7 heteroatoms. The molecule has 0 aromatic carbocycles. The van der Waals surface area contributed by atoms with E-state index < -0.39 is 17.9 Å². The molecule has 0 aromatic rings. The van der Waals surface area contributed by atoms with Gasteiger partial charge in [-0.3, -0.25) is 14.4 Å². The molecule has 0 bridgehead atoms. The van der Waals surface area contributed by atoms with Crippen LogP contribution in [0.4, 0.5) is 0 Å². The van der Waals surface area contributed by atoms with E-state index in [2.05, 4.69) is 0 Å². The van der Waals surface area contributed by atoms with Gasteiger partial charge in [-0.15, -0.1) is 0 Å². The number of hydrogen-bond donors (Lipinski definition) is 3. The average Bonchev–Trinajstić information content (AvgIpc) is 2.19. The second-order valence-corrected chi connectivity index (χ2v) is 2.24. The molecule has 0 aromatic heterocycles. The minimum Gasteiger partial charge on any atom is -0.481 e. The van der Waals surface area contributed by atoms with Crippen LogP contribution in [0.25, 0.3) is 0 Å². The van der Waals surface area contributed by atoms with Gasteiger partial charge in [0.05, 0.1) is 0 Å². The van der Waals surface area contributed by atoms with Crippen LogP contribution in [0.3, 0.4) is 0 Å². The Morgan fingerprint density at radius 2 is 0.750 bits per heavy atom. The molecular formula is C9H18O6Ru. The molecule has 0 rings (SSSR count). The summed E-state index contributed by atoms with van der Waals surface area (Å²) in [5.74, 6) is -2.24. The molecule has 0 amide bonds. The third-order valence-electron chi connectivity index (χ3n) is 0.907. The fraction of sp³-hybridized carbons (Fsp3) is 0.667. The number of rotatable bonds is 3. The molecule has 0 aliphatic rings. The van der Waals surface area contributed by atoms with Gasteiger partial charge in [0.15, 0.2) is 0 Å². The standard InChI is InChI=1S/3C3H6O2.Ru/c3*1-2-3(4)5;/h3*2H2,1H3,(H,4,5);. The van der Waals surface area contributed by atoms with Gasteiger partial charge in [-0.05, 0) is 0 Å². The molecule has 0 saturated carbocycles. The van der Waals surface area contributed by atoms with Crippen LogP contribution in [-0.4, -0.2) is 33.2 Å². The fourth-order valence-corrected chi connectivity index (χ4v) is 0. The maximum absolute atomic E-state index is 9.37. The molecule has 0 radical (unpaired) electrons. The van der Waals surface area contributed by atoms with Gasteiger partial charge in [0.1, 0.15) is 0 Å². The first-order valence-electron chi connectivity index (χ1n) is 4.47. The van der Waals surface area contributed by atoms with Crippen LogP contribution in [0.1, 0.15) is 40.0 Å². The molecule has 16 heavy (non-hydrogen) atoms. The van der Waals surface area contributed by atoms with Crippen LogP contribution >= 0.6 is 0 Å². The van der Waals surface area contributed by atoms with Crippen LogP contribution in [0.15, 0.2) is 0 Å². The SMILES string of the molecule is CCC(=O)O.CCC(=O)O.CCC(=O)O.[Ru]. The van der Waals surface area contributed by atoms with E-state index in [0.29, 0.717) is 0 Å². The fourth-order valence-electron chi connectivity index (χ4n) is 0. The normalized spacial score (nSPS) is 6.94. The third-order valence-corrected chi connectivity index (χ3v) is 0.907. The monoisotopic (exact) mass is 324 g/mol. The molecular weight excluding hydrogens is 305 g/mol. The number of hydrogen-bond acceptors (Lipinski definition) is 3. The van der Waals surface area contributed by atoms with Crippen molar-refractivity contribution in [2.45, 2.75) is 40.0 Å². The largest absolute Gasteiger partial charge is 0.481 e. The van der Waals surface area contributed by atoms with Crippen LogP contribution in [0.2, 0.25) is 0 Å². The van der Waals surface area contributed by atoms with Crippen LogP contribution < -0.4 is 0 Å². The molecule has 6 nitrogen and oxygen atoms in total. The van der Waals surface area contributed by atoms with E-state index in [-0.39, 0.29) is 38.7 Å².